The number of nitrogens with zero attached hydrogens (tertiary/aromatic N) is 8. The summed E-state index contributed by atoms with van der Waals surface area (Å²) in [5.41, 5.74) is 15.0. The lowest BCUT2D eigenvalue weighted by Gasteiger charge is -2.17. The van der Waals surface area contributed by atoms with Crippen LogP contribution in [0.4, 0.5) is 0 Å². The van der Waals surface area contributed by atoms with E-state index in [-0.39, 0.29) is 0 Å². The zero-order chi connectivity index (χ0) is 49.8. The summed E-state index contributed by atoms with van der Waals surface area (Å²) in [6.45, 7) is 0. The minimum Gasteiger partial charge on any atom is -0.307 e. The first kappa shape index (κ1) is 42.1. The Morgan fingerprint density at radius 1 is 0.184 bits per heavy atom. The predicted octanol–water partition coefficient (Wildman–Crippen LogP) is 16.7. The van der Waals surface area contributed by atoms with Gasteiger partial charge in [0.05, 0.1) is 78.3 Å². The van der Waals surface area contributed by atoms with Gasteiger partial charge >= 0.3 is 0 Å². The summed E-state index contributed by atoms with van der Waals surface area (Å²) in [5, 5.41) is 9.41. The van der Waals surface area contributed by atoms with Gasteiger partial charge in [-0.05, 0) is 97.1 Å². The fraction of sp³-hybridized carbons (Fsp3) is 0. The lowest BCUT2D eigenvalue weighted by atomic mass is 10.1. The van der Waals surface area contributed by atoms with Crippen LogP contribution >= 0.6 is 0 Å². The van der Waals surface area contributed by atoms with Gasteiger partial charge in [-0.25, -0.2) is 19.9 Å². The summed E-state index contributed by atoms with van der Waals surface area (Å²) in [6, 6.07) is 89.8. The molecule has 354 valence electrons. The molecule has 0 saturated carbocycles. The van der Waals surface area contributed by atoms with Crippen molar-refractivity contribution < 1.29 is 0 Å². The van der Waals surface area contributed by atoms with Gasteiger partial charge in [0, 0.05) is 43.1 Å². The summed E-state index contributed by atoms with van der Waals surface area (Å²) < 4.78 is 9.21. The largest absolute Gasteiger partial charge is 0.307 e. The zero-order valence-corrected chi connectivity index (χ0v) is 40.8. The van der Waals surface area contributed by atoms with E-state index in [4.69, 9.17) is 19.9 Å². The van der Waals surface area contributed by atoms with Crippen LogP contribution < -0.4 is 0 Å². The average molecular weight is 971 g/mol. The van der Waals surface area contributed by atoms with Crippen LogP contribution in [0.3, 0.4) is 0 Å². The standard InChI is InChI=1S/C68H42N8/c1-9-31-55-43(19-1)44-20-2-10-32-56(44)73(55)63-39-41-65(75-59-35-13-5-23-47(59)48-24-6-14-36-60(48)75)71-67(63)53-29-17-27-51(69-53)52-28-18-30-54(70-52)68-64(74-57-33-11-3-21-45(57)46-22-4-12-34-58(46)74)40-42-66(72-68)76-61-37-15-7-25-49(61)50-26-8-16-38-62(50)76/h1-42H. The van der Waals surface area contributed by atoms with Crippen LogP contribution in [0.1, 0.15) is 0 Å². The molecule has 16 aromatic rings. The number of benzene rings is 8. The van der Waals surface area contributed by atoms with E-state index in [2.05, 4.69) is 261 Å². The minimum atomic E-state index is 0.716. The van der Waals surface area contributed by atoms with E-state index in [1.165, 1.54) is 43.1 Å². The van der Waals surface area contributed by atoms with Crippen LogP contribution in [0.15, 0.2) is 255 Å². The van der Waals surface area contributed by atoms with Gasteiger partial charge in [0.25, 0.3) is 0 Å². The maximum atomic E-state index is 5.67. The Bertz CT molecular complexity index is 4500. The van der Waals surface area contributed by atoms with E-state index >= 15 is 0 Å². The highest BCUT2D eigenvalue weighted by Crippen LogP contribution is 2.41. The number of pyridine rings is 4. The van der Waals surface area contributed by atoms with Crippen molar-refractivity contribution in [3.63, 3.8) is 0 Å². The van der Waals surface area contributed by atoms with Gasteiger partial charge in [-0.3, -0.25) is 9.13 Å². The van der Waals surface area contributed by atoms with Gasteiger partial charge in [-0.2, -0.15) is 0 Å². The van der Waals surface area contributed by atoms with Crippen molar-refractivity contribution in [2.24, 2.45) is 0 Å². The van der Waals surface area contributed by atoms with Crippen molar-refractivity contribution in [2.45, 2.75) is 0 Å². The van der Waals surface area contributed by atoms with Crippen molar-refractivity contribution in [3.8, 4) is 57.2 Å². The van der Waals surface area contributed by atoms with Crippen molar-refractivity contribution in [3.05, 3.63) is 255 Å². The van der Waals surface area contributed by atoms with Crippen LogP contribution in [-0.2, 0) is 0 Å². The van der Waals surface area contributed by atoms with Gasteiger partial charge in [0.1, 0.15) is 23.0 Å². The Hall–Kier alpha value is -10.4. The van der Waals surface area contributed by atoms with E-state index < -0.39 is 0 Å². The molecule has 8 aromatic heterocycles. The molecule has 0 amide bonds. The highest BCUT2D eigenvalue weighted by molar-refractivity contribution is 6.12. The molecular formula is C68H42N8. The van der Waals surface area contributed by atoms with E-state index in [0.717, 1.165) is 89.9 Å². The van der Waals surface area contributed by atoms with Crippen molar-refractivity contribution in [1.82, 2.24) is 38.2 Å². The molecule has 0 aliphatic rings. The number of fused-ring (bicyclic) bond motifs is 12. The second kappa shape index (κ2) is 16.5. The quantitative estimate of drug-likeness (QED) is 0.160. The minimum absolute atomic E-state index is 0.716. The first-order valence-corrected chi connectivity index (χ1v) is 25.7. The van der Waals surface area contributed by atoms with Gasteiger partial charge in [0.2, 0.25) is 0 Å². The topological polar surface area (TPSA) is 71.3 Å². The first-order chi connectivity index (χ1) is 37.7. The fourth-order valence-electron chi connectivity index (χ4n) is 12.0. The maximum Gasteiger partial charge on any atom is 0.138 e. The predicted molar refractivity (Wildman–Crippen MR) is 311 cm³/mol. The lowest BCUT2D eigenvalue weighted by Crippen LogP contribution is -2.06. The molecule has 0 saturated heterocycles. The SMILES string of the molecule is c1cc(-c2cccc(-c3nc(-n4c5ccccc5c5ccccc54)ccc3-n3c4ccccc4c4ccccc43)n2)nc(-c2nc(-n3c4ccccc4c4ccccc43)ccc2-n2c3ccccc3c3ccccc32)c1. The molecule has 0 bridgehead atoms. The Labute approximate surface area is 435 Å². The number of hydrogen-bond donors (Lipinski definition) is 0. The second-order valence-corrected chi connectivity index (χ2v) is 19.4. The molecule has 8 aromatic carbocycles. The van der Waals surface area contributed by atoms with Crippen LogP contribution in [-0.4, -0.2) is 38.2 Å². The molecule has 8 heterocycles. The van der Waals surface area contributed by atoms with Crippen molar-refractivity contribution in [1.29, 1.82) is 0 Å². The summed E-state index contributed by atoms with van der Waals surface area (Å²) in [6.07, 6.45) is 0. The van der Waals surface area contributed by atoms with Gasteiger partial charge in [-0.15, -0.1) is 0 Å². The Balaban J connectivity index is 0.912. The van der Waals surface area contributed by atoms with E-state index in [1.54, 1.807) is 0 Å². The Morgan fingerprint density at radius 2 is 0.421 bits per heavy atom. The third-order valence-corrected chi connectivity index (χ3v) is 15.2. The van der Waals surface area contributed by atoms with Gasteiger partial charge in [-0.1, -0.05) is 158 Å². The summed E-state index contributed by atoms with van der Waals surface area (Å²) in [5.74, 6) is 1.60. The molecular weight excluding hydrogens is 929 g/mol. The molecule has 0 aliphatic heterocycles. The molecule has 76 heavy (non-hydrogen) atoms. The maximum absolute atomic E-state index is 5.67. The highest BCUT2D eigenvalue weighted by atomic mass is 15.1. The molecule has 0 fully saturated rings. The first-order valence-electron chi connectivity index (χ1n) is 25.7. The van der Waals surface area contributed by atoms with Crippen LogP contribution in [0, 0.1) is 0 Å². The molecule has 0 N–H and O–H groups in total. The second-order valence-electron chi connectivity index (χ2n) is 19.4. The summed E-state index contributed by atoms with van der Waals surface area (Å²) >= 11 is 0. The molecule has 8 nitrogen and oxygen atoms in total. The van der Waals surface area contributed by atoms with E-state index in [0.29, 0.717) is 11.4 Å². The smallest absolute Gasteiger partial charge is 0.138 e. The molecule has 0 spiro atoms. The fourth-order valence-corrected chi connectivity index (χ4v) is 12.0. The Kier molecular flexibility index (Phi) is 9.17. The number of para-hydroxylation sites is 8. The van der Waals surface area contributed by atoms with Crippen molar-refractivity contribution in [2.75, 3.05) is 0 Å². The van der Waals surface area contributed by atoms with Crippen LogP contribution in [0.2, 0.25) is 0 Å². The zero-order valence-electron chi connectivity index (χ0n) is 40.8. The monoisotopic (exact) mass is 970 g/mol. The molecule has 0 radical (unpaired) electrons. The van der Waals surface area contributed by atoms with Crippen LogP contribution in [0.5, 0.6) is 0 Å². The van der Waals surface area contributed by atoms with Gasteiger partial charge < -0.3 is 9.13 Å². The lowest BCUT2D eigenvalue weighted by molar-refractivity contribution is 1.05. The third-order valence-electron chi connectivity index (χ3n) is 15.2. The normalized spacial score (nSPS) is 11.9. The van der Waals surface area contributed by atoms with E-state index in [9.17, 15) is 0 Å². The Morgan fingerprint density at radius 3 is 0.697 bits per heavy atom. The van der Waals surface area contributed by atoms with Crippen LogP contribution in [0.25, 0.3) is 144 Å². The number of hydrogen-bond acceptors (Lipinski definition) is 4. The summed E-state index contributed by atoms with van der Waals surface area (Å²) in [7, 11) is 0. The molecule has 8 heteroatoms. The third kappa shape index (κ3) is 6.25. The molecule has 0 aliphatic carbocycles. The van der Waals surface area contributed by atoms with Gasteiger partial charge in [0.15, 0.2) is 0 Å². The molecule has 0 atom stereocenters. The molecule has 16 rings (SSSR count). The highest BCUT2D eigenvalue weighted by Gasteiger charge is 2.23. The number of rotatable bonds is 7. The average Bonchev–Trinajstić information content (AvgIpc) is 4.24. The van der Waals surface area contributed by atoms with Crippen molar-refractivity contribution >= 4 is 87.2 Å². The molecule has 0 unspecified atom stereocenters. The van der Waals surface area contributed by atoms with E-state index in [1.807, 2.05) is 12.1 Å². The number of aromatic nitrogens is 8. The summed E-state index contributed by atoms with van der Waals surface area (Å²) in [4.78, 5) is 22.4.